The lowest BCUT2D eigenvalue weighted by Crippen LogP contribution is -2.38. The van der Waals surface area contributed by atoms with Crippen LogP contribution in [0.1, 0.15) is 47.3 Å². The van der Waals surface area contributed by atoms with Gasteiger partial charge in [-0.25, -0.2) is 27.9 Å². The lowest BCUT2D eigenvalue weighted by atomic mass is 10.0. The average molecular weight is 583 g/mol. The van der Waals surface area contributed by atoms with Crippen molar-refractivity contribution in [2.45, 2.75) is 44.0 Å². The fraction of sp³-hybridized carbons (Fsp3) is 0.407. The maximum absolute atomic E-state index is 13.3. The van der Waals surface area contributed by atoms with E-state index in [2.05, 4.69) is 20.0 Å². The van der Waals surface area contributed by atoms with Gasteiger partial charge in [-0.3, -0.25) is 9.69 Å². The quantitative estimate of drug-likeness (QED) is 0.382. The fourth-order valence-electron chi connectivity index (χ4n) is 5.08. The van der Waals surface area contributed by atoms with Crippen molar-refractivity contribution in [1.29, 1.82) is 0 Å². The van der Waals surface area contributed by atoms with E-state index in [1.165, 1.54) is 36.1 Å². The SMILES string of the molecule is CNS(=O)(=O)c1cc(-c2sc(Nc3cccc(N4CCCOC4=O)n3)nc2C)cc2c1C(=O)N(CCC1CC1)C2. The molecule has 2 amide bonds. The van der Waals surface area contributed by atoms with E-state index in [4.69, 9.17) is 4.74 Å². The van der Waals surface area contributed by atoms with Gasteiger partial charge in [-0.1, -0.05) is 30.2 Å². The minimum Gasteiger partial charge on any atom is -0.449 e. The molecule has 1 saturated carbocycles. The van der Waals surface area contributed by atoms with Gasteiger partial charge in [0.05, 0.1) is 27.6 Å². The van der Waals surface area contributed by atoms with Crippen LogP contribution >= 0.6 is 11.3 Å². The number of hydrogen-bond donors (Lipinski definition) is 2. The van der Waals surface area contributed by atoms with Gasteiger partial charge in [-0.15, -0.1) is 0 Å². The van der Waals surface area contributed by atoms with Crippen molar-refractivity contribution in [2.24, 2.45) is 5.92 Å². The Bertz CT molecular complexity index is 1600. The zero-order valence-corrected chi connectivity index (χ0v) is 23.9. The minimum absolute atomic E-state index is 0.00786. The number of fused-ring (bicyclic) bond motifs is 1. The normalized spacial score (nSPS) is 17.2. The second-order valence-corrected chi connectivity index (χ2v) is 13.1. The number of rotatable bonds is 9. The van der Waals surface area contributed by atoms with E-state index in [-0.39, 0.29) is 16.4 Å². The number of hydrogen-bond acceptors (Lipinski definition) is 9. The molecule has 2 aromatic heterocycles. The number of benzene rings is 1. The summed E-state index contributed by atoms with van der Waals surface area (Å²) in [5.74, 6) is 1.44. The molecule has 0 bridgehead atoms. The third-order valence-corrected chi connectivity index (χ3v) is 9.95. The van der Waals surface area contributed by atoms with E-state index >= 15 is 0 Å². The Morgan fingerprint density at radius 2 is 2.00 bits per heavy atom. The number of sulfonamides is 1. The average Bonchev–Trinajstić information content (AvgIpc) is 3.63. The molecular formula is C27H30N6O5S2. The number of aromatic nitrogens is 2. The zero-order valence-electron chi connectivity index (χ0n) is 22.3. The predicted molar refractivity (Wildman–Crippen MR) is 151 cm³/mol. The first-order valence-electron chi connectivity index (χ1n) is 13.3. The van der Waals surface area contributed by atoms with Crippen LogP contribution in [-0.2, 0) is 21.3 Å². The van der Waals surface area contributed by atoms with Crippen LogP contribution in [0.4, 0.5) is 21.6 Å². The Kier molecular flexibility index (Phi) is 6.97. The van der Waals surface area contributed by atoms with Gasteiger partial charge < -0.3 is 15.0 Å². The van der Waals surface area contributed by atoms with Gasteiger partial charge in [0.25, 0.3) is 5.91 Å². The number of ether oxygens (including phenoxy) is 1. The first-order chi connectivity index (χ1) is 19.2. The molecule has 3 aromatic rings. The van der Waals surface area contributed by atoms with Crippen LogP contribution in [0.15, 0.2) is 35.2 Å². The van der Waals surface area contributed by atoms with E-state index in [1.807, 2.05) is 13.0 Å². The molecule has 2 N–H and O–H groups in total. The highest BCUT2D eigenvalue weighted by molar-refractivity contribution is 7.89. The van der Waals surface area contributed by atoms with Crippen LogP contribution in [-0.4, -0.2) is 62.0 Å². The Morgan fingerprint density at radius 1 is 1.18 bits per heavy atom. The maximum atomic E-state index is 13.3. The molecule has 0 spiro atoms. The van der Waals surface area contributed by atoms with Gasteiger partial charge in [0.15, 0.2) is 5.13 Å². The number of cyclic esters (lactones) is 1. The third-order valence-electron chi connectivity index (χ3n) is 7.39. The molecule has 0 unspecified atom stereocenters. The number of carbonyl (C=O) groups excluding carboxylic acids is 2. The lowest BCUT2D eigenvalue weighted by molar-refractivity contribution is 0.0771. The van der Waals surface area contributed by atoms with Gasteiger partial charge in [0, 0.05) is 19.6 Å². The van der Waals surface area contributed by atoms with Crippen molar-refractivity contribution in [3.05, 3.63) is 47.2 Å². The van der Waals surface area contributed by atoms with Gasteiger partial charge >= 0.3 is 6.09 Å². The minimum atomic E-state index is -3.89. The highest BCUT2D eigenvalue weighted by atomic mass is 32.2. The van der Waals surface area contributed by atoms with E-state index in [0.29, 0.717) is 65.7 Å². The molecule has 1 aliphatic carbocycles. The number of carbonyl (C=O) groups is 2. The van der Waals surface area contributed by atoms with Crippen LogP contribution in [0.3, 0.4) is 0 Å². The van der Waals surface area contributed by atoms with Crippen LogP contribution in [0.2, 0.25) is 0 Å². The van der Waals surface area contributed by atoms with E-state index in [0.717, 1.165) is 17.7 Å². The second kappa shape index (κ2) is 10.5. The Balaban J connectivity index is 1.30. The molecule has 0 atom stereocenters. The molecule has 1 aromatic carbocycles. The van der Waals surface area contributed by atoms with Gasteiger partial charge in [0.2, 0.25) is 10.0 Å². The molecule has 1 saturated heterocycles. The number of thiazole rings is 1. The molecule has 4 heterocycles. The molecule has 0 radical (unpaired) electrons. The summed E-state index contributed by atoms with van der Waals surface area (Å²) < 4.78 is 33.6. The van der Waals surface area contributed by atoms with Crippen molar-refractivity contribution in [1.82, 2.24) is 19.6 Å². The molecule has 11 nitrogen and oxygen atoms in total. The zero-order chi connectivity index (χ0) is 28.0. The summed E-state index contributed by atoms with van der Waals surface area (Å²) in [6, 6.07) is 8.81. The summed E-state index contributed by atoms with van der Waals surface area (Å²) in [7, 11) is -2.53. The maximum Gasteiger partial charge on any atom is 0.415 e. The summed E-state index contributed by atoms with van der Waals surface area (Å²) >= 11 is 1.36. The molecule has 40 heavy (non-hydrogen) atoms. The van der Waals surface area contributed by atoms with Crippen molar-refractivity contribution < 1.29 is 22.7 Å². The lowest BCUT2D eigenvalue weighted by Gasteiger charge is -2.25. The number of pyridine rings is 1. The van der Waals surface area contributed by atoms with Crippen molar-refractivity contribution >= 4 is 50.1 Å². The third kappa shape index (κ3) is 5.16. The van der Waals surface area contributed by atoms with E-state index < -0.39 is 16.1 Å². The van der Waals surface area contributed by atoms with Gasteiger partial charge in [0.1, 0.15) is 11.6 Å². The molecule has 2 fully saturated rings. The molecule has 2 aliphatic heterocycles. The first-order valence-corrected chi connectivity index (χ1v) is 15.6. The summed E-state index contributed by atoms with van der Waals surface area (Å²) in [6.45, 7) is 3.81. The summed E-state index contributed by atoms with van der Waals surface area (Å²) in [4.78, 5) is 38.7. The summed E-state index contributed by atoms with van der Waals surface area (Å²) in [5, 5.41) is 3.78. The standard InChI is InChI=1S/C27H30N6O5S2/c1-16-24(39-26(29-16)31-21-5-3-6-22(30-21)33-10-4-12-38-27(33)35)18-13-19-15-32(11-9-17-7-8-17)25(34)23(19)20(14-18)40(36,37)28-2/h3,5-6,13-14,17,28H,4,7-12,15H2,1-2H3,(H,29,30,31). The van der Waals surface area contributed by atoms with Gasteiger partial charge in [-0.2, -0.15) is 0 Å². The summed E-state index contributed by atoms with van der Waals surface area (Å²) in [5.41, 5.74) is 2.36. The Morgan fingerprint density at radius 3 is 2.75 bits per heavy atom. The highest BCUT2D eigenvalue weighted by Gasteiger charge is 2.35. The number of anilines is 3. The largest absolute Gasteiger partial charge is 0.449 e. The van der Waals surface area contributed by atoms with E-state index in [9.17, 15) is 18.0 Å². The number of aryl methyl sites for hydroxylation is 1. The molecule has 3 aliphatic rings. The Hall–Kier alpha value is -3.55. The first kappa shape index (κ1) is 26.7. The fourth-order valence-corrected chi connectivity index (χ4v) is 7.03. The van der Waals surface area contributed by atoms with Gasteiger partial charge in [-0.05, 0) is 68.1 Å². The molecule has 6 rings (SSSR count). The van der Waals surface area contributed by atoms with Crippen LogP contribution in [0, 0.1) is 12.8 Å². The van der Waals surface area contributed by atoms with Crippen molar-refractivity contribution in [2.75, 3.05) is 37.0 Å². The predicted octanol–water partition coefficient (Wildman–Crippen LogP) is 4.27. The molecular weight excluding hydrogens is 552 g/mol. The van der Waals surface area contributed by atoms with Crippen LogP contribution in [0.25, 0.3) is 10.4 Å². The monoisotopic (exact) mass is 582 g/mol. The molecule has 13 heteroatoms. The number of amides is 2. The van der Waals surface area contributed by atoms with Crippen LogP contribution < -0.4 is 14.9 Å². The summed E-state index contributed by atoms with van der Waals surface area (Å²) in [6.07, 6.45) is 3.65. The van der Waals surface area contributed by atoms with Crippen molar-refractivity contribution in [3.63, 3.8) is 0 Å². The topological polar surface area (TPSA) is 134 Å². The van der Waals surface area contributed by atoms with E-state index in [1.54, 1.807) is 29.2 Å². The van der Waals surface area contributed by atoms with Crippen molar-refractivity contribution in [3.8, 4) is 10.4 Å². The molecule has 210 valence electrons. The Labute approximate surface area is 236 Å². The smallest absolute Gasteiger partial charge is 0.415 e. The second-order valence-electron chi connectivity index (χ2n) is 10.2. The highest BCUT2D eigenvalue weighted by Crippen LogP contribution is 2.40. The number of nitrogens with one attached hydrogen (secondary N) is 2. The number of nitrogens with zero attached hydrogens (tertiary/aromatic N) is 4. The van der Waals surface area contributed by atoms with Crippen LogP contribution in [0.5, 0.6) is 0 Å².